The molecule has 0 aromatic heterocycles. The number of methoxy groups -OCH3 is 1. The number of ether oxygens (including phenoxy) is 1. The van der Waals surface area contributed by atoms with Crippen LogP contribution < -0.4 is 15.8 Å². The zero-order valence-electron chi connectivity index (χ0n) is 11.0. The Morgan fingerprint density at radius 2 is 2.10 bits per heavy atom. The summed E-state index contributed by atoms with van der Waals surface area (Å²) >= 11 is 0. The van der Waals surface area contributed by atoms with Crippen molar-refractivity contribution in [1.82, 2.24) is 0 Å². The second-order valence-corrected chi connectivity index (χ2v) is 4.20. The highest BCUT2D eigenvalue weighted by Gasteiger charge is 2.10. The summed E-state index contributed by atoms with van der Waals surface area (Å²) in [6.45, 7) is 0.362. The molecule has 104 valence electrons. The topological polar surface area (TPSA) is 64.3 Å². The number of benzene rings is 2. The highest BCUT2D eigenvalue weighted by Crippen LogP contribution is 2.25. The molecular formula is C15H15FN2O2. The summed E-state index contributed by atoms with van der Waals surface area (Å²) in [6.07, 6.45) is 0. The van der Waals surface area contributed by atoms with E-state index in [1.807, 2.05) is 6.07 Å². The lowest BCUT2D eigenvalue weighted by atomic mass is 10.1. The van der Waals surface area contributed by atoms with E-state index in [9.17, 15) is 9.18 Å². The molecule has 4 nitrogen and oxygen atoms in total. The van der Waals surface area contributed by atoms with Crippen LogP contribution in [-0.4, -0.2) is 13.0 Å². The van der Waals surface area contributed by atoms with Crippen LogP contribution in [0.4, 0.5) is 10.1 Å². The lowest BCUT2D eigenvalue weighted by molar-refractivity contribution is 0.102. The molecule has 20 heavy (non-hydrogen) atoms. The maximum atomic E-state index is 13.1. The first-order valence-corrected chi connectivity index (χ1v) is 6.08. The van der Waals surface area contributed by atoms with Crippen molar-refractivity contribution in [2.75, 3.05) is 12.4 Å². The molecule has 0 saturated heterocycles. The summed E-state index contributed by atoms with van der Waals surface area (Å²) in [5.74, 6) is -0.455. The number of amides is 1. The Bertz CT molecular complexity index is 629. The van der Waals surface area contributed by atoms with Crippen molar-refractivity contribution in [3.63, 3.8) is 0 Å². The van der Waals surface area contributed by atoms with Crippen LogP contribution in [0.2, 0.25) is 0 Å². The summed E-state index contributed by atoms with van der Waals surface area (Å²) < 4.78 is 18.1. The number of nitrogens with one attached hydrogen (secondary N) is 1. The summed E-state index contributed by atoms with van der Waals surface area (Å²) in [5, 5.41) is 2.68. The van der Waals surface area contributed by atoms with Gasteiger partial charge in [0, 0.05) is 18.2 Å². The Kier molecular flexibility index (Phi) is 4.32. The van der Waals surface area contributed by atoms with Crippen molar-refractivity contribution in [1.29, 1.82) is 0 Å². The van der Waals surface area contributed by atoms with Gasteiger partial charge in [0.1, 0.15) is 11.6 Å². The second-order valence-electron chi connectivity index (χ2n) is 4.20. The molecule has 1 amide bonds. The Balaban J connectivity index is 2.23. The van der Waals surface area contributed by atoms with Crippen molar-refractivity contribution < 1.29 is 13.9 Å². The van der Waals surface area contributed by atoms with E-state index in [0.717, 1.165) is 5.56 Å². The molecule has 0 aliphatic carbocycles. The van der Waals surface area contributed by atoms with Gasteiger partial charge < -0.3 is 15.8 Å². The SMILES string of the molecule is COc1cc(F)ccc1NC(=O)c1cccc(CN)c1. The number of carbonyl (C=O) groups is 1. The van der Waals surface area contributed by atoms with E-state index in [1.165, 1.54) is 25.3 Å². The molecule has 0 heterocycles. The van der Waals surface area contributed by atoms with E-state index in [1.54, 1.807) is 18.2 Å². The van der Waals surface area contributed by atoms with E-state index in [0.29, 0.717) is 17.8 Å². The number of hydrogen-bond acceptors (Lipinski definition) is 3. The predicted molar refractivity (Wildman–Crippen MR) is 75.2 cm³/mol. The van der Waals surface area contributed by atoms with Crippen molar-refractivity contribution in [2.45, 2.75) is 6.54 Å². The van der Waals surface area contributed by atoms with Gasteiger partial charge in [0.2, 0.25) is 0 Å². The molecule has 0 bridgehead atoms. The predicted octanol–water partition coefficient (Wildman–Crippen LogP) is 2.55. The van der Waals surface area contributed by atoms with Gasteiger partial charge in [-0.3, -0.25) is 4.79 Å². The summed E-state index contributed by atoms with van der Waals surface area (Å²) in [6, 6.07) is 10.9. The van der Waals surface area contributed by atoms with Gasteiger partial charge in [0.15, 0.2) is 0 Å². The van der Waals surface area contributed by atoms with Crippen molar-refractivity contribution >= 4 is 11.6 Å². The number of halogens is 1. The van der Waals surface area contributed by atoms with Gasteiger partial charge >= 0.3 is 0 Å². The van der Waals surface area contributed by atoms with Crippen LogP contribution in [0.1, 0.15) is 15.9 Å². The number of anilines is 1. The van der Waals surface area contributed by atoms with Crippen LogP contribution in [-0.2, 0) is 6.54 Å². The molecule has 0 aliphatic heterocycles. The van der Waals surface area contributed by atoms with Crippen molar-refractivity contribution in [3.05, 3.63) is 59.4 Å². The Labute approximate surface area is 116 Å². The molecule has 2 aromatic carbocycles. The Morgan fingerprint density at radius 3 is 2.80 bits per heavy atom. The van der Waals surface area contributed by atoms with E-state index in [2.05, 4.69) is 5.32 Å². The third-order valence-corrected chi connectivity index (χ3v) is 2.84. The first-order valence-electron chi connectivity index (χ1n) is 6.08. The highest BCUT2D eigenvalue weighted by atomic mass is 19.1. The molecule has 0 spiro atoms. The molecule has 0 aliphatic rings. The average Bonchev–Trinajstić information content (AvgIpc) is 2.49. The third-order valence-electron chi connectivity index (χ3n) is 2.84. The van der Waals surface area contributed by atoms with Crippen LogP contribution in [0.3, 0.4) is 0 Å². The fourth-order valence-corrected chi connectivity index (χ4v) is 1.80. The molecule has 3 N–H and O–H groups in total. The van der Waals surface area contributed by atoms with Gasteiger partial charge in [-0.1, -0.05) is 12.1 Å². The van der Waals surface area contributed by atoms with Crippen molar-refractivity contribution in [2.24, 2.45) is 5.73 Å². The summed E-state index contributed by atoms with van der Waals surface area (Å²) in [5.41, 5.74) is 7.30. The minimum absolute atomic E-state index is 0.272. The number of rotatable bonds is 4. The lowest BCUT2D eigenvalue weighted by Crippen LogP contribution is -2.13. The number of hydrogen-bond donors (Lipinski definition) is 2. The quantitative estimate of drug-likeness (QED) is 0.900. The Hall–Kier alpha value is -2.40. The lowest BCUT2D eigenvalue weighted by Gasteiger charge is -2.10. The molecule has 0 fully saturated rings. The van der Waals surface area contributed by atoms with Gasteiger partial charge in [-0.05, 0) is 29.8 Å². The largest absolute Gasteiger partial charge is 0.494 e. The first-order chi connectivity index (χ1) is 9.63. The fourth-order valence-electron chi connectivity index (χ4n) is 1.80. The molecule has 2 aromatic rings. The van der Waals surface area contributed by atoms with E-state index in [-0.39, 0.29) is 11.7 Å². The summed E-state index contributed by atoms with van der Waals surface area (Å²) in [7, 11) is 1.42. The first kappa shape index (κ1) is 14.0. The molecule has 5 heteroatoms. The maximum absolute atomic E-state index is 13.1. The molecule has 0 radical (unpaired) electrons. The smallest absolute Gasteiger partial charge is 0.255 e. The van der Waals surface area contributed by atoms with Gasteiger partial charge in [0.05, 0.1) is 12.8 Å². The normalized spacial score (nSPS) is 10.2. The van der Waals surface area contributed by atoms with Crippen molar-refractivity contribution in [3.8, 4) is 5.75 Å². The fraction of sp³-hybridized carbons (Fsp3) is 0.133. The zero-order valence-corrected chi connectivity index (χ0v) is 11.0. The van der Waals surface area contributed by atoms with Crippen LogP contribution in [0.15, 0.2) is 42.5 Å². The van der Waals surface area contributed by atoms with Gasteiger partial charge in [-0.25, -0.2) is 4.39 Å². The van der Waals surface area contributed by atoms with Crippen LogP contribution in [0.5, 0.6) is 5.75 Å². The maximum Gasteiger partial charge on any atom is 0.255 e. The van der Waals surface area contributed by atoms with Crippen LogP contribution in [0.25, 0.3) is 0 Å². The molecule has 0 unspecified atom stereocenters. The molecular weight excluding hydrogens is 259 g/mol. The summed E-state index contributed by atoms with van der Waals surface area (Å²) in [4.78, 5) is 12.1. The van der Waals surface area contributed by atoms with Gasteiger partial charge in [0.25, 0.3) is 5.91 Å². The third kappa shape index (κ3) is 3.13. The van der Waals surface area contributed by atoms with Gasteiger partial charge in [-0.2, -0.15) is 0 Å². The molecule has 2 rings (SSSR count). The van der Waals surface area contributed by atoms with Crippen LogP contribution >= 0.6 is 0 Å². The standard InChI is InChI=1S/C15H15FN2O2/c1-20-14-8-12(16)5-6-13(14)18-15(19)11-4-2-3-10(7-11)9-17/h2-8H,9,17H2,1H3,(H,18,19). The minimum atomic E-state index is -0.426. The molecule has 0 atom stereocenters. The molecule has 0 saturated carbocycles. The van der Waals surface area contributed by atoms with Gasteiger partial charge in [-0.15, -0.1) is 0 Å². The van der Waals surface area contributed by atoms with Crippen LogP contribution in [0, 0.1) is 5.82 Å². The zero-order chi connectivity index (χ0) is 14.5. The highest BCUT2D eigenvalue weighted by molar-refractivity contribution is 6.05. The van der Waals surface area contributed by atoms with E-state index < -0.39 is 5.82 Å². The average molecular weight is 274 g/mol. The van der Waals surface area contributed by atoms with E-state index >= 15 is 0 Å². The minimum Gasteiger partial charge on any atom is -0.494 e. The second kappa shape index (κ2) is 6.16. The monoisotopic (exact) mass is 274 g/mol. The number of nitrogens with two attached hydrogens (primary N) is 1. The van der Waals surface area contributed by atoms with E-state index in [4.69, 9.17) is 10.5 Å². The number of carbonyl (C=O) groups excluding carboxylic acids is 1. The Morgan fingerprint density at radius 1 is 1.30 bits per heavy atom.